The van der Waals surface area contributed by atoms with Gasteiger partial charge in [-0.2, -0.15) is 0 Å². The number of halogens is 1. The molecule has 5 nitrogen and oxygen atoms in total. The van der Waals surface area contributed by atoms with Crippen LogP contribution in [0.3, 0.4) is 0 Å². The number of fused-ring (bicyclic) bond motifs is 1. The van der Waals surface area contributed by atoms with Crippen LogP contribution in [0.25, 0.3) is 10.9 Å². The molecule has 4 aromatic rings. The number of piperidine rings is 1. The van der Waals surface area contributed by atoms with Gasteiger partial charge in [-0.05, 0) is 49.1 Å². The number of pyridine rings is 1. The Labute approximate surface area is 185 Å². The summed E-state index contributed by atoms with van der Waals surface area (Å²) in [6, 6.07) is 19.1. The van der Waals surface area contributed by atoms with E-state index in [9.17, 15) is 4.79 Å². The highest BCUT2D eigenvalue weighted by molar-refractivity contribution is 6.30. The van der Waals surface area contributed by atoms with Crippen molar-refractivity contribution in [2.75, 3.05) is 6.54 Å². The van der Waals surface area contributed by atoms with Crippen LogP contribution < -0.4 is 0 Å². The van der Waals surface area contributed by atoms with Crippen molar-refractivity contribution < 1.29 is 9.21 Å². The molecule has 1 saturated heterocycles. The molecule has 0 spiro atoms. The van der Waals surface area contributed by atoms with Crippen molar-refractivity contribution in [3.05, 3.63) is 94.8 Å². The lowest BCUT2D eigenvalue weighted by Gasteiger charge is -2.33. The Morgan fingerprint density at radius 3 is 2.90 bits per heavy atom. The molecule has 31 heavy (non-hydrogen) atoms. The number of carbonyl (C=O) groups excluding carboxylic acids is 1. The number of rotatable bonds is 4. The lowest BCUT2D eigenvalue weighted by molar-refractivity contribution is 0.0564. The second kappa shape index (κ2) is 8.52. The summed E-state index contributed by atoms with van der Waals surface area (Å²) < 4.78 is 6.08. The first kappa shape index (κ1) is 19.8. The molecule has 3 heterocycles. The first-order chi connectivity index (χ1) is 15.2. The lowest BCUT2D eigenvalue weighted by Crippen LogP contribution is -2.39. The van der Waals surface area contributed by atoms with Crippen molar-refractivity contribution in [3.63, 3.8) is 0 Å². The van der Waals surface area contributed by atoms with E-state index in [0.29, 0.717) is 29.6 Å². The maximum absolute atomic E-state index is 13.3. The van der Waals surface area contributed by atoms with Crippen molar-refractivity contribution in [2.24, 2.45) is 0 Å². The van der Waals surface area contributed by atoms with Gasteiger partial charge in [0.2, 0.25) is 5.89 Å². The summed E-state index contributed by atoms with van der Waals surface area (Å²) in [5, 5.41) is 1.72. The van der Waals surface area contributed by atoms with Crippen LogP contribution in [-0.4, -0.2) is 27.3 Å². The molecule has 6 heteroatoms. The number of likely N-dealkylation sites (tertiary alicyclic amines) is 1. The van der Waals surface area contributed by atoms with E-state index in [1.807, 2.05) is 59.5 Å². The van der Waals surface area contributed by atoms with E-state index in [4.69, 9.17) is 16.0 Å². The van der Waals surface area contributed by atoms with Gasteiger partial charge in [0.15, 0.2) is 0 Å². The number of hydrogen-bond donors (Lipinski definition) is 0. The molecule has 1 fully saturated rings. The predicted molar refractivity (Wildman–Crippen MR) is 120 cm³/mol. The number of hydrogen-bond acceptors (Lipinski definition) is 4. The molecule has 1 amide bonds. The molecular formula is C25H22ClN3O2. The molecule has 0 saturated carbocycles. The molecule has 0 unspecified atom stereocenters. The van der Waals surface area contributed by atoms with Crippen LogP contribution in [0.1, 0.15) is 53.0 Å². The fourth-order valence-corrected chi connectivity index (χ4v) is 4.38. The summed E-state index contributed by atoms with van der Waals surface area (Å²) in [4.78, 5) is 24.3. The van der Waals surface area contributed by atoms with Crippen LogP contribution in [0.5, 0.6) is 0 Å². The normalized spacial score (nSPS) is 16.5. The molecule has 156 valence electrons. The average Bonchev–Trinajstić information content (AvgIpc) is 3.26. The molecule has 1 aliphatic heterocycles. The zero-order valence-electron chi connectivity index (χ0n) is 17.0. The van der Waals surface area contributed by atoms with E-state index in [-0.39, 0.29) is 11.9 Å². The fourth-order valence-electron chi connectivity index (χ4n) is 4.17. The Morgan fingerprint density at radius 2 is 2.00 bits per heavy atom. The van der Waals surface area contributed by atoms with Gasteiger partial charge in [-0.15, -0.1) is 0 Å². The van der Waals surface area contributed by atoms with Gasteiger partial charge < -0.3 is 9.32 Å². The van der Waals surface area contributed by atoms with Crippen molar-refractivity contribution >= 4 is 28.4 Å². The second-order valence-electron chi connectivity index (χ2n) is 7.87. The van der Waals surface area contributed by atoms with E-state index in [0.717, 1.165) is 41.5 Å². The maximum Gasteiger partial charge on any atom is 0.273 e. The Morgan fingerprint density at radius 1 is 1.10 bits per heavy atom. The van der Waals surface area contributed by atoms with Crippen molar-refractivity contribution in [3.8, 4) is 0 Å². The van der Waals surface area contributed by atoms with Crippen LogP contribution in [-0.2, 0) is 6.42 Å². The van der Waals surface area contributed by atoms with Gasteiger partial charge in [0.05, 0.1) is 11.7 Å². The smallest absolute Gasteiger partial charge is 0.273 e. The highest BCUT2D eigenvalue weighted by atomic mass is 35.5. The fraction of sp³-hybridized carbons (Fsp3) is 0.240. The molecule has 5 rings (SSSR count). The standard InChI is InChI=1S/C25H22ClN3O2/c26-19-8-5-6-17(14-19)15-20-16-27-24(31-20)23-10-3-4-13-29(23)25(30)22-12-11-18-7-1-2-9-21(18)28-22/h1-2,5-9,11-12,14,16,23H,3-4,10,13,15H2/t23-/m1/s1. The Hall–Kier alpha value is -3.18. The molecule has 2 aromatic heterocycles. The average molecular weight is 432 g/mol. The third kappa shape index (κ3) is 4.19. The van der Waals surface area contributed by atoms with Gasteiger partial charge in [0.1, 0.15) is 17.5 Å². The number of nitrogens with zero attached hydrogens (tertiary/aromatic N) is 3. The zero-order valence-corrected chi connectivity index (χ0v) is 17.8. The molecule has 2 aromatic carbocycles. The predicted octanol–water partition coefficient (Wildman–Crippen LogP) is 5.83. The molecule has 0 aliphatic carbocycles. The second-order valence-corrected chi connectivity index (χ2v) is 8.31. The largest absolute Gasteiger partial charge is 0.443 e. The summed E-state index contributed by atoms with van der Waals surface area (Å²) in [7, 11) is 0. The molecule has 1 atom stereocenters. The summed E-state index contributed by atoms with van der Waals surface area (Å²) in [6.45, 7) is 0.671. The SMILES string of the molecule is O=C(c1ccc2ccccc2n1)N1CCCC[C@@H]1c1ncc(Cc2cccc(Cl)c2)o1. The van der Waals surface area contributed by atoms with Crippen molar-refractivity contribution in [1.29, 1.82) is 0 Å². The number of carbonyl (C=O) groups is 1. The molecular weight excluding hydrogens is 410 g/mol. The number of amides is 1. The quantitative estimate of drug-likeness (QED) is 0.407. The van der Waals surface area contributed by atoms with Crippen LogP contribution in [0.2, 0.25) is 5.02 Å². The number of para-hydroxylation sites is 1. The van der Waals surface area contributed by atoms with Crippen LogP contribution in [0.15, 0.2) is 71.3 Å². The molecule has 1 aliphatic rings. The first-order valence-corrected chi connectivity index (χ1v) is 10.9. The summed E-state index contributed by atoms with van der Waals surface area (Å²) >= 11 is 6.09. The van der Waals surface area contributed by atoms with Crippen LogP contribution in [0.4, 0.5) is 0 Å². The minimum Gasteiger partial charge on any atom is -0.443 e. The number of benzene rings is 2. The van der Waals surface area contributed by atoms with E-state index >= 15 is 0 Å². The third-order valence-electron chi connectivity index (χ3n) is 5.71. The zero-order chi connectivity index (χ0) is 21.2. The van der Waals surface area contributed by atoms with E-state index in [1.54, 1.807) is 12.3 Å². The minimum absolute atomic E-state index is 0.0787. The maximum atomic E-state index is 13.3. The van der Waals surface area contributed by atoms with Crippen molar-refractivity contribution in [2.45, 2.75) is 31.7 Å². The molecule has 0 N–H and O–H groups in total. The van der Waals surface area contributed by atoms with Gasteiger partial charge in [-0.3, -0.25) is 4.79 Å². The highest BCUT2D eigenvalue weighted by Crippen LogP contribution is 2.32. The Bertz CT molecular complexity index is 1240. The number of aromatic nitrogens is 2. The summed E-state index contributed by atoms with van der Waals surface area (Å²) in [6.07, 6.45) is 5.19. The van der Waals surface area contributed by atoms with E-state index < -0.39 is 0 Å². The van der Waals surface area contributed by atoms with Gasteiger partial charge in [-0.1, -0.05) is 48.0 Å². The van der Waals surface area contributed by atoms with Gasteiger partial charge in [-0.25, -0.2) is 9.97 Å². The van der Waals surface area contributed by atoms with Crippen LogP contribution >= 0.6 is 11.6 Å². The molecule has 0 bridgehead atoms. The minimum atomic E-state index is -0.178. The lowest BCUT2D eigenvalue weighted by atomic mass is 10.0. The highest BCUT2D eigenvalue weighted by Gasteiger charge is 2.32. The monoisotopic (exact) mass is 431 g/mol. The van der Waals surface area contributed by atoms with Gasteiger partial charge in [0, 0.05) is 23.4 Å². The number of oxazole rings is 1. The summed E-state index contributed by atoms with van der Waals surface area (Å²) in [5.41, 5.74) is 2.34. The molecule has 0 radical (unpaired) electrons. The van der Waals surface area contributed by atoms with Gasteiger partial charge in [0.25, 0.3) is 5.91 Å². The first-order valence-electron chi connectivity index (χ1n) is 10.5. The topological polar surface area (TPSA) is 59.2 Å². The Kier molecular flexibility index (Phi) is 5.43. The Balaban J connectivity index is 1.39. The summed E-state index contributed by atoms with van der Waals surface area (Å²) in [5.74, 6) is 1.27. The van der Waals surface area contributed by atoms with E-state index in [1.165, 1.54) is 0 Å². The van der Waals surface area contributed by atoms with Crippen LogP contribution in [0, 0.1) is 0 Å². The van der Waals surface area contributed by atoms with Crippen molar-refractivity contribution in [1.82, 2.24) is 14.9 Å². The third-order valence-corrected chi connectivity index (χ3v) is 5.94. The van der Waals surface area contributed by atoms with E-state index in [2.05, 4.69) is 9.97 Å². The van der Waals surface area contributed by atoms with Gasteiger partial charge >= 0.3 is 0 Å².